The lowest BCUT2D eigenvalue weighted by molar-refractivity contribution is -0.0234. The van der Waals surface area contributed by atoms with E-state index in [0.717, 1.165) is 37.8 Å². The minimum atomic E-state index is -0.472. The molecular formula is C32H55N3O4. The van der Waals surface area contributed by atoms with Crippen LogP contribution in [0.3, 0.4) is 0 Å². The molecule has 0 unspecified atom stereocenters. The number of pyridine rings is 1. The Hall–Kier alpha value is -2.31. The number of nitrogens with zero attached hydrogens (tertiary/aromatic N) is 1. The number of alkyl carbamates (subject to hydrolysis) is 2. The van der Waals surface area contributed by atoms with Crippen LogP contribution >= 0.6 is 0 Å². The summed E-state index contributed by atoms with van der Waals surface area (Å²) in [4.78, 5) is 28.3. The summed E-state index contributed by atoms with van der Waals surface area (Å²) in [6.07, 6.45) is 25.1. The molecule has 2 amide bonds. The van der Waals surface area contributed by atoms with Gasteiger partial charge in [-0.3, -0.25) is 4.98 Å². The maximum atomic E-state index is 12.1. The number of nitrogens with one attached hydrogen (secondary N) is 2. The van der Waals surface area contributed by atoms with Gasteiger partial charge in [-0.05, 0) is 31.4 Å². The lowest BCUT2D eigenvalue weighted by atomic mass is 9.70. The van der Waals surface area contributed by atoms with Gasteiger partial charge in [-0.1, -0.05) is 116 Å². The van der Waals surface area contributed by atoms with Crippen LogP contribution in [-0.2, 0) is 16.0 Å². The third-order valence-corrected chi connectivity index (χ3v) is 7.87. The van der Waals surface area contributed by atoms with Gasteiger partial charge in [0.1, 0.15) is 13.2 Å². The van der Waals surface area contributed by atoms with E-state index in [1.54, 1.807) is 6.20 Å². The van der Waals surface area contributed by atoms with Gasteiger partial charge in [0.05, 0.1) is 12.2 Å². The van der Waals surface area contributed by atoms with Gasteiger partial charge in [-0.2, -0.15) is 0 Å². The average Bonchev–Trinajstić information content (AvgIpc) is 2.93. The van der Waals surface area contributed by atoms with Crippen LogP contribution in [0.4, 0.5) is 9.59 Å². The first-order valence-corrected chi connectivity index (χ1v) is 15.8. The number of ether oxygens (including phenoxy) is 2. The Kier molecular flexibility index (Phi) is 18.1. The van der Waals surface area contributed by atoms with Crippen molar-refractivity contribution in [3.63, 3.8) is 0 Å². The molecule has 7 heteroatoms. The molecule has 0 radical (unpaired) electrons. The van der Waals surface area contributed by atoms with Crippen LogP contribution in [0, 0.1) is 5.41 Å². The summed E-state index contributed by atoms with van der Waals surface area (Å²) in [5.74, 6) is 0. The van der Waals surface area contributed by atoms with E-state index in [1.165, 1.54) is 89.9 Å². The number of aromatic nitrogens is 1. The molecule has 39 heavy (non-hydrogen) atoms. The second kappa shape index (κ2) is 21.5. The van der Waals surface area contributed by atoms with E-state index in [2.05, 4.69) is 22.5 Å². The topological polar surface area (TPSA) is 89.5 Å². The summed E-state index contributed by atoms with van der Waals surface area (Å²) in [5, 5.41) is 5.58. The van der Waals surface area contributed by atoms with Crippen molar-refractivity contribution in [1.82, 2.24) is 15.6 Å². The predicted molar refractivity (Wildman–Crippen MR) is 158 cm³/mol. The Labute approximate surface area is 237 Å². The molecule has 1 aromatic heterocycles. The maximum absolute atomic E-state index is 12.1. The Morgan fingerprint density at radius 1 is 0.744 bits per heavy atom. The Morgan fingerprint density at radius 2 is 1.26 bits per heavy atom. The zero-order valence-corrected chi connectivity index (χ0v) is 24.7. The molecule has 0 aromatic carbocycles. The average molecular weight is 546 g/mol. The molecule has 1 heterocycles. The van der Waals surface area contributed by atoms with Crippen LogP contribution in [0.25, 0.3) is 0 Å². The minimum Gasteiger partial charge on any atom is -0.449 e. The zero-order chi connectivity index (χ0) is 27.9. The van der Waals surface area contributed by atoms with Crippen LogP contribution < -0.4 is 10.6 Å². The molecule has 0 saturated heterocycles. The first kappa shape index (κ1) is 32.9. The highest BCUT2D eigenvalue weighted by Gasteiger charge is 2.40. The van der Waals surface area contributed by atoms with Crippen LogP contribution in [0.15, 0.2) is 24.4 Å². The Balaban J connectivity index is 1.37. The highest BCUT2D eigenvalue weighted by molar-refractivity contribution is 5.67. The molecule has 0 atom stereocenters. The molecule has 2 N–H and O–H groups in total. The molecule has 0 aliphatic heterocycles. The summed E-state index contributed by atoms with van der Waals surface area (Å²) < 4.78 is 10.9. The molecule has 7 nitrogen and oxygen atoms in total. The lowest BCUT2D eigenvalue weighted by Crippen LogP contribution is -2.42. The monoisotopic (exact) mass is 545 g/mol. The van der Waals surface area contributed by atoms with E-state index in [0.29, 0.717) is 13.1 Å². The highest BCUT2D eigenvalue weighted by atomic mass is 16.6. The van der Waals surface area contributed by atoms with Crippen molar-refractivity contribution in [2.24, 2.45) is 5.41 Å². The van der Waals surface area contributed by atoms with Gasteiger partial charge in [0.2, 0.25) is 0 Å². The number of rotatable bonds is 23. The van der Waals surface area contributed by atoms with Gasteiger partial charge in [0, 0.05) is 18.2 Å². The molecule has 2 rings (SSSR count). The molecule has 1 aliphatic rings. The second-order valence-electron chi connectivity index (χ2n) is 11.4. The normalized spacial score (nSPS) is 13.9. The van der Waals surface area contributed by atoms with Crippen molar-refractivity contribution in [1.29, 1.82) is 0 Å². The third kappa shape index (κ3) is 16.4. The number of unbranched alkanes of at least 4 members (excludes halogenated alkanes) is 15. The minimum absolute atomic E-state index is 0.256. The number of carbonyl (C=O) groups excluding carboxylic acids is 2. The second-order valence-corrected chi connectivity index (χ2v) is 11.4. The van der Waals surface area contributed by atoms with Gasteiger partial charge in [-0.25, -0.2) is 9.59 Å². The van der Waals surface area contributed by atoms with E-state index in [1.807, 2.05) is 18.2 Å². The lowest BCUT2D eigenvalue weighted by Gasteiger charge is -2.40. The first-order chi connectivity index (χ1) is 19.1. The molecule has 1 aromatic rings. The van der Waals surface area contributed by atoms with Crippen LogP contribution in [0.5, 0.6) is 0 Å². The van der Waals surface area contributed by atoms with Crippen molar-refractivity contribution in [3.05, 3.63) is 30.1 Å². The summed E-state index contributed by atoms with van der Waals surface area (Å²) in [5.41, 5.74) is 0.519. The van der Waals surface area contributed by atoms with Gasteiger partial charge in [0.25, 0.3) is 0 Å². The molecule has 1 fully saturated rings. The van der Waals surface area contributed by atoms with Crippen molar-refractivity contribution in [3.8, 4) is 0 Å². The fraction of sp³-hybridized carbons (Fsp3) is 0.781. The van der Waals surface area contributed by atoms with Gasteiger partial charge in [-0.15, -0.1) is 0 Å². The number of hydrogen-bond acceptors (Lipinski definition) is 5. The van der Waals surface area contributed by atoms with Crippen LogP contribution in [-0.4, -0.2) is 36.9 Å². The van der Waals surface area contributed by atoms with E-state index < -0.39 is 6.09 Å². The quantitative estimate of drug-likeness (QED) is 0.135. The Bertz CT molecular complexity index is 755. The molecule has 0 spiro atoms. The molecule has 222 valence electrons. The van der Waals surface area contributed by atoms with Crippen molar-refractivity contribution < 1.29 is 19.1 Å². The summed E-state index contributed by atoms with van der Waals surface area (Å²) in [7, 11) is 0. The fourth-order valence-corrected chi connectivity index (χ4v) is 5.08. The van der Waals surface area contributed by atoms with Crippen LogP contribution in [0.1, 0.15) is 135 Å². The van der Waals surface area contributed by atoms with E-state index in [9.17, 15) is 9.59 Å². The summed E-state index contributed by atoms with van der Waals surface area (Å²) >= 11 is 0. The smallest absolute Gasteiger partial charge is 0.407 e. The van der Waals surface area contributed by atoms with E-state index in [-0.39, 0.29) is 24.7 Å². The van der Waals surface area contributed by atoms with Crippen molar-refractivity contribution in [2.75, 3.05) is 19.8 Å². The number of hydrogen-bond donors (Lipinski definition) is 2. The van der Waals surface area contributed by atoms with Crippen molar-refractivity contribution in [2.45, 2.75) is 135 Å². The molecule has 0 bridgehead atoms. The van der Waals surface area contributed by atoms with Gasteiger partial charge < -0.3 is 20.1 Å². The highest BCUT2D eigenvalue weighted by Crippen LogP contribution is 2.41. The standard InChI is InChI=1S/C32H55N3O4/c1-2-3-4-5-6-7-8-9-10-11-12-13-14-15-16-18-25-34-30(36)38-27-32(22-20-23-32)28-39-31(37)35-26-29-21-17-19-24-33-29/h17,19,21,24H,2-16,18,20,22-23,25-28H2,1H3,(H,34,36)(H,35,37). The molecule has 1 saturated carbocycles. The Morgan fingerprint density at radius 3 is 1.72 bits per heavy atom. The molecular weight excluding hydrogens is 490 g/mol. The fourth-order valence-electron chi connectivity index (χ4n) is 5.08. The summed E-state index contributed by atoms with van der Waals surface area (Å²) in [6.45, 7) is 3.79. The number of amides is 2. The first-order valence-electron chi connectivity index (χ1n) is 15.8. The van der Waals surface area contributed by atoms with Gasteiger partial charge >= 0.3 is 12.2 Å². The number of carbonyl (C=O) groups is 2. The molecule has 1 aliphatic carbocycles. The zero-order valence-electron chi connectivity index (χ0n) is 24.7. The van der Waals surface area contributed by atoms with E-state index in [4.69, 9.17) is 9.47 Å². The maximum Gasteiger partial charge on any atom is 0.407 e. The van der Waals surface area contributed by atoms with Gasteiger partial charge in [0.15, 0.2) is 0 Å². The van der Waals surface area contributed by atoms with Crippen LogP contribution in [0.2, 0.25) is 0 Å². The largest absolute Gasteiger partial charge is 0.449 e. The summed E-state index contributed by atoms with van der Waals surface area (Å²) in [6, 6.07) is 5.56. The third-order valence-electron chi connectivity index (χ3n) is 7.87. The van der Waals surface area contributed by atoms with Crippen molar-refractivity contribution >= 4 is 12.2 Å². The van der Waals surface area contributed by atoms with E-state index >= 15 is 0 Å². The predicted octanol–water partition coefficient (Wildman–Crippen LogP) is 8.47. The SMILES string of the molecule is CCCCCCCCCCCCCCCCCCNC(=O)OCC1(COC(=O)NCc2ccccn2)CCC1.